The predicted molar refractivity (Wildman–Crippen MR) is 39.9 cm³/mol. The molecule has 0 unspecified atom stereocenters. The summed E-state index contributed by atoms with van der Waals surface area (Å²) in [7, 11) is 0. The van der Waals surface area contributed by atoms with Crippen LogP contribution in [0.25, 0.3) is 0 Å². The quantitative estimate of drug-likeness (QED) is 0.502. The SMILES string of the molecule is O=[N+]([O-])Cc1cncc(Cl)c1. The van der Waals surface area contributed by atoms with Gasteiger partial charge in [0.2, 0.25) is 6.54 Å². The van der Waals surface area contributed by atoms with Gasteiger partial charge in [-0.3, -0.25) is 15.1 Å². The van der Waals surface area contributed by atoms with E-state index >= 15 is 0 Å². The molecule has 0 radical (unpaired) electrons. The van der Waals surface area contributed by atoms with Crippen LogP contribution in [0.5, 0.6) is 0 Å². The van der Waals surface area contributed by atoms with E-state index < -0.39 is 4.92 Å². The van der Waals surface area contributed by atoms with E-state index in [0.717, 1.165) is 0 Å². The molecular formula is C6H5ClN2O2. The summed E-state index contributed by atoms with van der Waals surface area (Å²) in [6, 6.07) is 1.53. The largest absolute Gasteiger partial charge is 0.264 e. The second-order valence-electron chi connectivity index (χ2n) is 2.00. The molecular weight excluding hydrogens is 168 g/mol. The fraction of sp³-hybridized carbons (Fsp3) is 0.167. The molecule has 0 spiro atoms. The van der Waals surface area contributed by atoms with Crippen molar-refractivity contribution in [2.24, 2.45) is 0 Å². The van der Waals surface area contributed by atoms with Crippen LogP contribution in [0.3, 0.4) is 0 Å². The van der Waals surface area contributed by atoms with Crippen LogP contribution in [0.2, 0.25) is 5.02 Å². The molecule has 58 valence electrons. The smallest absolute Gasteiger partial charge is 0.230 e. The Morgan fingerprint density at radius 1 is 1.64 bits per heavy atom. The van der Waals surface area contributed by atoms with Crippen LogP contribution in [0, 0.1) is 10.1 Å². The predicted octanol–water partition coefficient (Wildman–Crippen LogP) is 1.51. The minimum absolute atomic E-state index is 0.229. The van der Waals surface area contributed by atoms with Crippen LogP contribution in [-0.4, -0.2) is 9.91 Å². The van der Waals surface area contributed by atoms with Crippen molar-refractivity contribution in [1.29, 1.82) is 0 Å². The van der Waals surface area contributed by atoms with Crippen molar-refractivity contribution < 1.29 is 4.92 Å². The summed E-state index contributed by atoms with van der Waals surface area (Å²) in [5.74, 6) is 0. The maximum Gasteiger partial charge on any atom is 0.230 e. The molecule has 1 heterocycles. The topological polar surface area (TPSA) is 56.0 Å². The highest BCUT2D eigenvalue weighted by molar-refractivity contribution is 6.30. The highest BCUT2D eigenvalue weighted by Crippen LogP contribution is 2.08. The molecule has 1 rings (SSSR count). The lowest BCUT2D eigenvalue weighted by molar-refractivity contribution is -0.496. The van der Waals surface area contributed by atoms with E-state index in [9.17, 15) is 10.1 Å². The van der Waals surface area contributed by atoms with Gasteiger partial charge in [-0.25, -0.2) is 0 Å². The molecule has 4 nitrogen and oxygen atoms in total. The van der Waals surface area contributed by atoms with Crippen molar-refractivity contribution in [3.05, 3.63) is 39.2 Å². The molecule has 0 N–H and O–H groups in total. The third-order valence-corrected chi connectivity index (χ3v) is 1.28. The van der Waals surface area contributed by atoms with Gasteiger partial charge in [0.15, 0.2) is 0 Å². The number of aromatic nitrogens is 1. The third-order valence-electron chi connectivity index (χ3n) is 1.07. The Morgan fingerprint density at radius 2 is 2.36 bits per heavy atom. The zero-order valence-electron chi connectivity index (χ0n) is 5.53. The van der Waals surface area contributed by atoms with E-state index in [-0.39, 0.29) is 6.54 Å². The normalized spacial score (nSPS) is 9.55. The fourth-order valence-electron chi connectivity index (χ4n) is 0.691. The van der Waals surface area contributed by atoms with Gasteiger partial charge in [0, 0.05) is 22.9 Å². The van der Waals surface area contributed by atoms with Crippen molar-refractivity contribution in [3.8, 4) is 0 Å². The standard InChI is InChI=1S/C6H5ClN2O2/c7-6-1-5(2-8-3-6)4-9(10)11/h1-3H,4H2. The molecule has 0 aromatic carbocycles. The van der Waals surface area contributed by atoms with Crippen molar-refractivity contribution in [2.45, 2.75) is 6.54 Å². The summed E-state index contributed by atoms with van der Waals surface area (Å²) in [6.07, 6.45) is 2.86. The summed E-state index contributed by atoms with van der Waals surface area (Å²) in [4.78, 5) is 13.3. The van der Waals surface area contributed by atoms with Crippen LogP contribution in [0.4, 0.5) is 0 Å². The van der Waals surface area contributed by atoms with Crippen LogP contribution in [-0.2, 0) is 6.54 Å². The lowest BCUT2D eigenvalue weighted by Crippen LogP contribution is -1.98. The van der Waals surface area contributed by atoms with Crippen molar-refractivity contribution >= 4 is 11.6 Å². The summed E-state index contributed by atoms with van der Waals surface area (Å²) < 4.78 is 0. The van der Waals surface area contributed by atoms with E-state index in [2.05, 4.69) is 4.98 Å². The van der Waals surface area contributed by atoms with Crippen LogP contribution in [0.15, 0.2) is 18.5 Å². The Morgan fingerprint density at radius 3 is 2.91 bits per heavy atom. The summed E-state index contributed by atoms with van der Waals surface area (Å²) in [5, 5.41) is 10.4. The molecule has 0 amide bonds. The maximum atomic E-state index is 10.0. The van der Waals surface area contributed by atoms with Gasteiger partial charge in [0.1, 0.15) is 0 Å². The van der Waals surface area contributed by atoms with Crippen LogP contribution in [0.1, 0.15) is 5.56 Å². The highest BCUT2D eigenvalue weighted by Gasteiger charge is 2.01. The van der Waals surface area contributed by atoms with Crippen molar-refractivity contribution in [1.82, 2.24) is 4.98 Å². The van der Waals surface area contributed by atoms with E-state index in [0.29, 0.717) is 10.6 Å². The molecule has 5 heteroatoms. The number of hydrogen-bond donors (Lipinski definition) is 0. The Hall–Kier alpha value is -1.16. The number of nitro groups is 1. The van der Waals surface area contributed by atoms with E-state index in [4.69, 9.17) is 11.6 Å². The van der Waals surface area contributed by atoms with Crippen LogP contribution < -0.4 is 0 Å². The van der Waals surface area contributed by atoms with Gasteiger partial charge in [0.25, 0.3) is 0 Å². The minimum atomic E-state index is -0.423. The van der Waals surface area contributed by atoms with Gasteiger partial charge in [-0.15, -0.1) is 0 Å². The summed E-state index contributed by atoms with van der Waals surface area (Å²) in [5.41, 5.74) is 0.516. The zero-order chi connectivity index (χ0) is 8.27. The average Bonchev–Trinajstić information content (AvgIpc) is 1.85. The number of pyridine rings is 1. The fourth-order valence-corrected chi connectivity index (χ4v) is 0.888. The number of rotatable bonds is 2. The first-order valence-corrected chi connectivity index (χ1v) is 3.27. The molecule has 1 aromatic rings. The van der Waals surface area contributed by atoms with E-state index in [1.165, 1.54) is 18.5 Å². The Bertz CT molecular complexity index is 277. The van der Waals surface area contributed by atoms with Gasteiger partial charge < -0.3 is 0 Å². The number of nitrogens with zero attached hydrogens (tertiary/aromatic N) is 2. The molecule has 0 fully saturated rings. The molecule has 11 heavy (non-hydrogen) atoms. The van der Waals surface area contributed by atoms with Gasteiger partial charge in [-0.2, -0.15) is 0 Å². The molecule has 0 saturated carbocycles. The number of hydrogen-bond acceptors (Lipinski definition) is 3. The van der Waals surface area contributed by atoms with Crippen LogP contribution >= 0.6 is 11.6 Å². The third kappa shape index (κ3) is 2.51. The molecule has 0 atom stereocenters. The van der Waals surface area contributed by atoms with Gasteiger partial charge in [0.05, 0.1) is 5.02 Å². The second-order valence-corrected chi connectivity index (χ2v) is 2.44. The summed E-state index contributed by atoms with van der Waals surface area (Å²) >= 11 is 5.54. The van der Waals surface area contributed by atoms with Gasteiger partial charge >= 0.3 is 0 Å². The lowest BCUT2D eigenvalue weighted by atomic mass is 10.3. The van der Waals surface area contributed by atoms with Gasteiger partial charge in [-0.05, 0) is 6.07 Å². The number of halogens is 1. The highest BCUT2D eigenvalue weighted by atomic mass is 35.5. The van der Waals surface area contributed by atoms with E-state index in [1.54, 1.807) is 0 Å². The molecule has 0 aliphatic heterocycles. The maximum absolute atomic E-state index is 10.0. The first kappa shape index (κ1) is 7.94. The Balaban J connectivity index is 2.79. The van der Waals surface area contributed by atoms with Crippen molar-refractivity contribution in [3.63, 3.8) is 0 Å². The van der Waals surface area contributed by atoms with E-state index in [1.807, 2.05) is 0 Å². The molecule has 0 aliphatic carbocycles. The second kappa shape index (κ2) is 3.30. The average molecular weight is 173 g/mol. The first-order valence-electron chi connectivity index (χ1n) is 2.90. The molecule has 0 aliphatic rings. The monoisotopic (exact) mass is 172 g/mol. The van der Waals surface area contributed by atoms with Gasteiger partial charge in [-0.1, -0.05) is 11.6 Å². The summed E-state index contributed by atoms with van der Waals surface area (Å²) in [6.45, 7) is -0.229. The molecule has 0 saturated heterocycles. The minimum Gasteiger partial charge on any atom is -0.264 e. The Labute approximate surface area is 68.0 Å². The molecule has 0 bridgehead atoms. The first-order chi connectivity index (χ1) is 5.18. The Kier molecular flexibility index (Phi) is 2.38. The van der Waals surface area contributed by atoms with Crippen molar-refractivity contribution in [2.75, 3.05) is 0 Å². The zero-order valence-corrected chi connectivity index (χ0v) is 6.28. The molecule has 1 aromatic heterocycles. The lowest BCUT2D eigenvalue weighted by Gasteiger charge is -1.93.